The zero-order chi connectivity index (χ0) is 37.1. The van der Waals surface area contributed by atoms with Crippen molar-refractivity contribution in [2.45, 2.75) is 92.3 Å². The first-order valence-electron chi connectivity index (χ1n) is 18.8. The van der Waals surface area contributed by atoms with E-state index in [2.05, 4.69) is 64.7 Å². The summed E-state index contributed by atoms with van der Waals surface area (Å²) in [6.45, 7) is 13.4. The van der Waals surface area contributed by atoms with Crippen LogP contribution in [0.5, 0.6) is 0 Å². The summed E-state index contributed by atoms with van der Waals surface area (Å²) in [5.41, 5.74) is 4.36. The Labute approximate surface area is 309 Å². The molecule has 52 heavy (non-hydrogen) atoms. The van der Waals surface area contributed by atoms with Gasteiger partial charge in [0.2, 0.25) is 0 Å². The Morgan fingerprint density at radius 2 is 1.60 bits per heavy atom. The van der Waals surface area contributed by atoms with Gasteiger partial charge in [-0.2, -0.15) is 0 Å². The molecule has 6 heteroatoms. The van der Waals surface area contributed by atoms with E-state index in [4.69, 9.17) is 18.6 Å². The van der Waals surface area contributed by atoms with Gasteiger partial charge in [0, 0.05) is 34.9 Å². The van der Waals surface area contributed by atoms with Gasteiger partial charge in [-0.1, -0.05) is 101 Å². The van der Waals surface area contributed by atoms with Crippen LogP contribution in [0, 0.1) is 42.4 Å². The number of aryl methyl sites for hydroxylation is 1. The Hall–Kier alpha value is -4.60. The number of hydrogen-bond acceptors (Lipinski definition) is 6. The van der Waals surface area contributed by atoms with Gasteiger partial charge in [-0.05, 0) is 92.3 Å². The topological polar surface area (TPSA) is 75.0 Å². The number of ether oxygens (including phenoxy) is 3. The third-order valence-electron chi connectivity index (χ3n) is 9.59. The van der Waals surface area contributed by atoms with Crippen molar-refractivity contribution in [1.29, 1.82) is 0 Å². The third kappa shape index (κ3) is 11.2. The van der Waals surface area contributed by atoms with Gasteiger partial charge in [-0.25, -0.2) is 4.79 Å². The van der Waals surface area contributed by atoms with Crippen molar-refractivity contribution in [2.75, 3.05) is 13.2 Å². The molecule has 0 spiro atoms. The molecule has 0 saturated carbocycles. The summed E-state index contributed by atoms with van der Waals surface area (Å²) in [4.78, 5) is 26.9. The van der Waals surface area contributed by atoms with Crippen molar-refractivity contribution >= 4 is 22.9 Å². The van der Waals surface area contributed by atoms with Crippen molar-refractivity contribution in [2.24, 2.45) is 23.7 Å². The number of cyclic esters (lactones) is 1. The summed E-state index contributed by atoms with van der Waals surface area (Å²) < 4.78 is 24.3. The summed E-state index contributed by atoms with van der Waals surface area (Å²) in [6, 6.07) is 25.9. The predicted octanol–water partition coefficient (Wildman–Crippen LogP) is 10.2. The van der Waals surface area contributed by atoms with E-state index in [9.17, 15) is 9.59 Å². The minimum absolute atomic E-state index is 0.0786. The number of esters is 2. The fraction of sp³-hybridized carbons (Fsp3) is 0.435. The van der Waals surface area contributed by atoms with Crippen LogP contribution >= 0.6 is 0 Å². The molecular weight excluding hydrogens is 649 g/mol. The molecule has 3 aromatic carbocycles. The van der Waals surface area contributed by atoms with Crippen LogP contribution in [0.15, 0.2) is 94.9 Å². The van der Waals surface area contributed by atoms with Crippen LogP contribution in [0.2, 0.25) is 0 Å². The number of carbonyl (C=O) groups excluding carboxylic acids is 2. The molecule has 0 bridgehead atoms. The van der Waals surface area contributed by atoms with Crippen LogP contribution in [0.1, 0.15) is 94.7 Å². The molecule has 0 aliphatic carbocycles. The normalized spacial score (nSPS) is 17.2. The van der Waals surface area contributed by atoms with Gasteiger partial charge in [-0.3, -0.25) is 4.79 Å². The zero-order valence-corrected chi connectivity index (χ0v) is 31.7. The van der Waals surface area contributed by atoms with Crippen molar-refractivity contribution in [3.8, 4) is 11.8 Å². The summed E-state index contributed by atoms with van der Waals surface area (Å²) >= 11 is 0. The smallest absolute Gasteiger partial charge is 0.334 e. The molecule has 2 heterocycles. The molecule has 4 aromatic rings. The fourth-order valence-corrected chi connectivity index (χ4v) is 6.95. The van der Waals surface area contributed by atoms with Crippen LogP contribution in [0.3, 0.4) is 0 Å². The Balaban J connectivity index is 1.25. The van der Waals surface area contributed by atoms with E-state index in [1.807, 2.05) is 73.7 Å². The first-order chi connectivity index (χ1) is 25.0. The standard InChI is InChI=1S/C46H54O6/c1-7-39(26-42-27-41-25-36(20-22-43(41)51-42)18-17-35-15-13-34(6)14-16-35)44(47)50-31-46(30-49-29-37-11-9-8-10-12-37)28-40(45(48)52-46)21-19-38(23-32(2)3)24-33(4)5/h8-16,20-22,25,27,32-33,38-39H,7,19,23-24,26,28-31H2,1-6H3/b40-21+/t39-,46+/m0/s1. The number of hydrogen-bond donors (Lipinski definition) is 0. The highest BCUT2D eigenvalue weighted by molar-refractivity contribution is 5.91. The van der Waals surface area contributed by atoms with Crippen LogP contribution < -0.4 is 0 Å². The van der Waals surface area contributed by atoms with Crippen LogP contribution in [-0.4, -0.2) is 30.8 Å². The average molecular weight is 703 g/mol. The number of fused-ring (bicyclic) bond motifs is 1. The Bertz CT molecular complexity index is 1860. The van der Waals surface area contributed by atoms with Crippen LogP contribution in [0.4, 0.5) is 0 Å². The summed E-state index contributed by atoms with van der Waals surface area (Å²) in [7, 11) is 0. The first-order valence-corrected chi connectivity index (χ1v) is 18.8. The Morgan fingerprint density at radius 1 is 0.904 bits per heavy atom. The van der Waals surface area contributed by atoms with E-state index < -0.39 is 11.5 Å². The molecule has 1 aliphatic heterocycles. The van der Waals surface area contributed by atoms with Crippen molar-refractivity contribution in [1.82, 2.24) is 0 Å². The number of furan rings is 1. The van der Waals surface area contributed by atoms with Gasteiger partial charge in [0.15, 0.2) is 5.60 Å². The molecule has 0 N–H and O–H groups in total. The SMILES string of the molecule is CC[C@@H](Cc1cc2cc(C#Cc3ccc(C)cc3)ccc2o1)C(=O)OC[C@]1(COCc2ccccc2)C/C(=C\CC(CC(C)C)CC(C)C)C(=O)O1. The monoisotopic (exact) mass is 702 g/mol. The molecular formula is C46H54O6. The maximum absolute atomic E-state index is 13.6. The lowest BCUT2D eigenvalue weighted by molar-refractivity contribution is -0.171. The molecule has 0 amide bonds. The largest absolute Gasteiger partial charge is 0.461 e. The van der Waals surface area contributed by atoms with Gasteiger partial charge in [0.1, 0.15) is 18.0 Å². The summed E-state index contributed by atoms with van der Waals surface area (Å²) in [6.07, 6.45) is 6.37. The molecule has 1 aromatic heterocycles. The van der Waals surface area contributed by atoms with Gasteiger partial charge < -0.3 is 18.6 Å². The summed E-state index contributed by atoms with van der Waals surface area (Å²) in [5.74, 6) is 7.68. The van der Waals surface area contributed by atoms with Gasteiger partial charge in [-0.15, -0.1) is 0 Å². The van der Waals surface area contributed by atoms with Gasteiger partial charge >= 0.3 is 11.9 Å². The molecule has 274 valence electrons. The lowest BCUT2D eigenvalue weighted by Gasteiger charge is -2.27. The molecule has 0 radical (unpaired) electrons. The number of benzene rings is 3. The van der Waals surface area contributed by atoms with E-state index in [0.29, 0.717) is 55.0 Å². The minimum Gasteiger partial charge on any atom is -0.461 e. The lowest BCUT2D eigenvalue weighted by atomic mass is 9.86. The molecule has 6 nitrogen and oxygen atoms in total. The molecule has 2 atom stereocenters. The quantitative estimate of drug-likeness (QED) is 0.0657. The van der Waals surface area contributed by atoms with Crippen molar-refractivity contribution < 1.29 is 28.2 Å². The van der Waals surface area contributed by atoms with Crippen LogP contribution in [-0.2, 0) is 36.8 Å². The fourth-order valence-electron chi connectivity index (χ4n) is 6.95. The lowest BCUT2D eigenvalue weighted by Crippen LogP contribution is -2.41. The predicted molar refractivity (Wildman–Crippen MR) is 206 cm³/mol. The van der Waals surface area contributed by atoms with Gasteiger partial charge in [0.25, 0.3) is 0 Å². The first kappa shape index (κ1) is 38.6. The maximum atomic E-state index is 13.6. The van der Waals surface area contributed by atoms with E-state index in [-0.39, 0.29) is 25.2 Å². The average Bonchev–Trinajstić information content (AvgIpc) is 3.67. The molecule has 1 fully saturated rings. The Morgan fingerprint density at radius 3 is 2.29 bits per heavy atom. The second-order valence-corrected chi connectivity index (χ2v) is 15.3. The second kappa shape index (κ2) is 18.2. The zero-order valence-electron chi connectivity index (χ0n) is 31.7. The maximum Gasteiger partial charge on any atom is 0.334 e. The van der Waals surface area contributed by atoms with E-state index in [1.165, 1.54) is 5.56 Å². The second-order valence-electron chi connectivity index (χ2n) is 15.3. The van der Waals surface area contributed by atoms with Crippen LogP contribution in [0.25, 0.3) is 11.0 Å². The van der Waals surface area contributed by atoms with E-state index in [1.54, 1.807) is 0 Å². The Kier molecular flexibility index (Phi) is 13.6. The molecule has 0 unspecified atom stereocenters. The van der Waals surface area contributed by atoms with Crippen molar-refractivity contribution in [3.63, 3.8) is 0 Å². The van der Waals surface area contributed by atoms with E-state index >= 15 is 0 Å². The highest BCUT2D eigenvalue weighted by Crippen LogP contribution is 2.35. The number of rotatable bonds is 16. The highest BCUT2D eigenvalue weighted by Gasteiger charge is 2.45. The third-order valence-corrected chi connectivity index (χ3v) is 9.59. The number of carbonyl (C=O) groups is 2. The van der Waals surface area contributed by atoms with Crippen molar-refractivity contribution in [3.05, 3.63) is 119 Å². The van der Waals surface area contributed by atoms with Gasteiger partial charge in [0.05, 0.1) is 19.1 Å². The minimum atomic E-state index is -1.09. The molecule has 1 aliphatic rings. The number of allylic oxidation sites excluding steroid dienone is 1. The highest BCUT2D eigenvalue weighted by atomic mass is 16.6. The molecule has 1 saturated heterocycles. The molecule has 5 rings (SSSR count). The van der Waals surface area contributed by atoms with E-state index in [0.717, 1.165) is 46.9 Å². The summed E-state index contributed by atoms with van der Waals surface area (Å²) in [5, 5.41) is 0.935.